The van der Waals surface area contributed by atoms with Crippen LogP contribution in [0.2, 0.25) is 0 Å². The van der Waals surface area contributed by atoms with E-state index in [2.05, 4.69) is 38.1 Å². The summed E-state index contributed by atoms with van der Waals surface area (Å²) >= 11 is 1.93. The van der Waals surface area contributed by atoms with Gasteiger partial charge in [-0.3, -0.25) is 0 Å². The first-order chi connectivity index (χ1) is 6.12. The van der Waals surface area contributed by atoms with E-state index in [0.717, 1.165) is 12.3 Å². The van der Waals surface area contributed by atoms with Crippen LogP contribution in [0.4, 0.5) is 0 Å². The Morgan fingerprint density at radius 1 is 1.54 bits per heavy atom. The molecule has 0 aromatic heterocycles. The Bertz CT molecular complexity index is 231. The zero-order chi connectivity index (χ0) is 9.47. The fourth-order valence-corrected chi connectivity index (χ4v) is 3.25. The molecule has 1 spiro atoms. The van der Waals surface area contributed by atoms with E-state index >= 15 is 0 Å². The van der Waals surface area contributed by atoms with Gasteiger partial charge in [0.1, 0.15) is 11.0 Å². The normalized spacial score (nSPS) is 44.7. The minimum atomic E-state index is 0.0770. The molecule has 0 bridgehead atoms. The standard InChI is InChI=1S/C10H17NOS/c1-8-4-5-11(3)6-10(8)7-13-9(2)12-10/h4-5,8-9H,6-7H2,1-3H3/t8?,9-,10-/m1/s1. The van der Waals surface area contributed by atoms with E-state index < -0.39 is 0 Å². The molecule has 2 aliphatic rings. The lowest BCUT2D eigenvalue weighted by atomic mass is 9.87. The SMILES string of the molecule is CC1C=CN(C)C[C@@]12CS[C@H](C)O2. The van der Waals surface area contributed by atoms with E-state index in [1.54, 1.807) is 0 Å². The van der Waals surface area contributed by atoms with Gasteiger partial charge in [0.15, 0.2) is 0 Å². The van der Waals surface area contributed by atoms with Gasteiger partial charge < -0.3 is 9.64 Å². The highest BCUT2D eigenvalue weighted by Gasteiger charge is 2.44. The van der Waals surface area contributed by atoms with Gasteiger partial charge in [-0.05, 0) is 13.1 Å². The minimum absolute atomic E-state index is 0.0770. The quantitative estimate of drug-likeness (QED) is 0.591. The molecule has 2 nitrogen and oxygen atoms in total. The van der Waals surface area contributed by atoms with Crippen LogP contribution in [0.1, 0.15) is 13.8 Å². The van der Waals surface area contributed by atoms with Gasteiger partial charge in [-0.25, -0.2) is 0 Å². The molecular weight excluding hydrogens is 182 g/mol. The Kier molecular flexibility index (Phi) is 2.32. The number of hydrogen-bond acceptors (Lipinski definition) is 3. The second kappa shape index (κ2) is 3.21. The molecule has 1 unspecified atom stereocenters. The van der Waals surface area contributed by atoms with E-state index in [4.69, 9.17) is 4.74 Å². The topological polar surface area (TPSA) is 12.5 Å². The Labute approximate surface area is 84.3 Å². The number of nitrogens with zero attached hydrogens (tertiary/aromatic N) is 1. The lowest BCUT2D eigenvalue weighted by Gasteiger charge is -2.39. The van der Waals surface area contributed by atoms with Gasteiger partial charge >= 0.3 is 0 Å². The molecule has 3 heteroatoms. The summed E-state index contributed by atoms with van der Waals surface area (Å²) in [5.41, 5.74) is 0.440. The number of hydrogen-bond donors (Lipinski definition) is 0. The second-order valence-corrected chi connectivity index (χ2v) is 5.39. The molecule has 2 heterocycles. The number of rotatable bonds is 0. The fourth-order valence-electron chi connectivity index (χ4n) is 2.05. The molecule has 2 aliphatic heterocycles. The highest BCUT2D eigenvalue weighted by molar-refractivity contribution is 8.00. The molecule has 1 fully saturated rings. The zero-order valence-electron chi connectivity index (χ0n) is 8.49. The van der Waals surface area contributed by atoms with Gasteiger partial charge in [-0.15, -0.1) is 11.8 Å². The Morgan fingerprint density at radius 3 is 2.92 bits per heavy atom. The summed E-state index contributed by atoms with van der Waals surface area (Å²) in [4.78, 5) is 2.22. The van der Waals surface area contributed by atoms with Crippen LogP contribution in [0.3, 0.4) is 0 Å². The van der Waals surface area contributed by atoms with Crippen molar-refractivity contribution < 1.29 is 4.74 Å². The van der Waals surface area contributed by atoms with Crippen LogP contribution in [-0.4, -0.2) is 35.3 Å². The average Bonchev–Trinajstić information content (AvgIpc) is 2.42. The van der Waals surface area contributed by atoms with E-state index in [1.165, 1.54) is 0 Å². The van der Waals surface area contributed by atoms with Crippen molar-refractivity contribution in [2.45, 2.75) is 24.9 Å². The van der Waals surface area contributed by atoms with E-state index in [-0.39, 0.29) is 5.60 Å². The highest BCUT2D eigenvalue weighted by Crippen LogP contribution is 2.40. The molecule has 3 atom stereocenters. The van der Waals surface area contributed by atoms with Crippen molar-refractivity contribution >= 4 is 11.8 Å². The summed E-state index contributed by atoms with van der Waals surface area (Å²) in [5, 5.41) is 0. The van der Waals surface area contributed by atoms with Crippen molar-refractivity contribution in [1.29, 1.82) is 0 Å². The number of likely N-dealkylation sites (N-methyl/N-ethyl adjacent to an activating group) is 1. The highest BCUT2D eigenvalue weighted by atomic mass is 32.2. The number of thioether (sulfide) groups is 1. The zero-order valence-corrected chi connectivity index (χ0v) is 9.30. The van der Waals surface area contributed by atoms with Crippen molar-refractivity contribution in [3.63, 3.8) is 0 Å². The molecule has 0 radical (unpaired) electrons. The first kappa shape index (κ1) is 9.41. The van der Waals surface area contributed by atoms with E-state index in [1.807, 2.05) is 11.8 Å². The monoisotopic (exact) mass is 199 g/mol. The van der Waals surface area contributed by atoms with E-state index in [9.17, 15) is 0 Å². The summed E-state index contributed by atoms with van der Waals surface area (Å²) < 4.78 is 6.04. The second-order valence-electron chi connectivity index (χ2n) is 4.11. The average molecular weight is 199 g/mol. The van der Waals surface area contributed by atoms with Crippen molar-refractivity contribution in [2.75, 3.05) is 19.3 Å². The molecule has 1 saturated heterocycles. The maximum atomic E-state index is 6.04. The molecular formula is C10H17NOS. The number of ether oxygens (including phenoxy) is 1. The lowest BCUT2D eigenvalue weighted by Crippen LogP contribution is -2.49. The Balaban J connectivity index is 2.17. The predicted octanol–water partition coefficient (Wildman–Crippen LogP) is 1.93. The van der Waals surface area contributed by atoms with Gasteiger partial charge in [0.05, 0.1) is 0 Å². The third kappa shape index (κ3) is 1.59. The van der Waals surface area contributed by atoms with Crippen molar-refractivity contribution in [1.82, 2.24) is 4.90 Å². The predicted molar refractivity (Wildman–Crippen MR) is 56.7 cm³/mol. The molecule has 0 saturated carbocycles. The summed E-state index contributed by atoms with van der Waals surface area (Å²) in [6.07, 6.45) is 4.41. The largest absolute Gasteiger partial charge is 0.378 e. The van der Waals surface area contributed by atoms with Crippen LogP contribution in [0.25, 0.3) is 0 Å². The van der Waals surface area contributed by atoms with Crippen molar-refractivity contribution in [2.24, 2.45) is 5.92 Å². The molecule has 0 N–H and O–H groups in total. The maximum absolute atomic E-state index is 6.04. The molecule has 74 valence electrons. The van der Waals surface area contributed by atoms with Gasteiger partial charge in [-0.1, -0.05) is 13.0 Å². The molecule has 0 aliphatic carbocycles. The van der Waals surface area contributed by atoms with Crippen LogP contribution in [-0.2, 0) is 4.74 Å². The van der Waals surface area contributed by atoms with Crippen LogP contribution in [0.5, 0.6) is 0 Å². The van der Waals surface area contributed by atoms with Crippen LogP contribution < -0.4 is 0 Å². The molecule has 2 rings (SSSR count). The third-order valence-corrected chi connectivity index (χ3v) is 4.16. The summed E-state index contributed by atoms with van der Waals surface area (Å²) in [7, 11) is 2.11. The summed E-state index contributed by atoms with van der Waals surface area (Å²) in [6.45, 7) is 5.43. The fraction of sp³-hybridized carbons (Fsp3) is 0.800. The van der Waals surface area contributed by atoms with Gasteiger partial charge in [-0.2, -0.15) is 0 Å². The van der Waals surface area contributed by atoms with Gasteiger partial charge in [0.2, 0.25) is 0 Å². The smallest absolute Gasteiger partial charge is 0.102 e. The molecule has 0 amide bonds. The van der Waals surface area contributed by atoms with Crippen LogP contribution in [0.15, 0.2) is 12.3 Å². The van der Waals surface area contributed by atoms with Gasteiger partial charge in [0, 0.05) is 25.3 Å². The first-order valence-corrected chi connectivity index (χ1v) is 5.85. The molecule has 0 aromatic rings. The van der Waals surface area contributed by atoms with Crippen molar-refractivity contribution in [3.05, 3.63) is 12.3 Å². The van der Waals surface area contributed by atoms with Crippen LogP contribution >= 0.6 is 11.8 Å². The van der Waals surface area contributed by atoms with E-state index in [0.29, 0.717) is 11.4 Å². The Morgan fingerprint density at radius 2 is 2.31 bits per heavy atom. The summed E-state index contributed by atoms with van der Waals surface area (Å²) in [6, 6.07) is 0. The lowest BCUT2D eigenvalue weighted by molar-refractivity contribution is -0.0632. The Hall–Kier alpha value is -0.150. The van der Waals surface area contributed by atoms with Crippen molar-refractivity contribution in [3.8, 4) is 0 Å². The minimum Gasteiger partial charge on any atom is -0.378 e. The first-order valence-electron chi connectivity index (χ1n) is 4.80. The molecule has 13 heavy (non-hydrogen) atoms. The maximum Gasteiger partial charge on any atom is 0.102 e. The van der Waals surface area contributed by atoms with Crippen LogP contribution in [0, 0.1) is 5.92 Å². The van der Waals surface area contributed by atoms with Gasteiger partial charge in [0.25, 0.3) is 0 Å². The third-order valence-electron chi connectivity index (χ3n) is 2.94. The molecule has 0 aromatic carbocycles. The summed E-state index contributed by atoms with van der Waals surface area (Å²) in [5.74, 6) is 1.67.